The van der Waals surface area contributed by atoms with Crippen LogP contribution in [0.1, 0.15) is 56.0 Å². The summed E-state index contributed by atoms with van der Waals surface area (Å²) in [5, 5.41) is 3.20. The van der Waals surface area contributed by atoms with Gasteiger partial charge in [0.1, 0.15) is 5.82 Å². The summed E-state index contributed by atoms with van der Waals surface area (Å²) in [4.78, 5) is 12.5. The highest BCUT2D eigenvalue weighted by atomic mass is 19.1. The number of halogens is 1. The van der Waals surface area contributed by atoms with Crippen LogP contribution in [0.2, 0.25) is 0 Å². The average molecular weight is 291 g/mol. The summed E-state index contributed by atoms with van der Waals surface area (Å²) in [7, 11) is 0. The lowest BCUT2D eigenvalue weighted by Gasteiger charge is -2.37. The molecule has 2 nitrogen and oxygen atoms in total. The third kappa shape index (κ3) is 3.84. The van der Waals surface area contributed by atoms with Crippen molar-refractivity contribution >= 4 is 5.91 Å². The van der Waals surface area contributed by atoms with Gasteiger partial charge in [0.05, 0.1) is 0 Å². The molecule has 0 heterocycles. The normalized spacial score (nSPS) is 25.9. The minimum absolute atomic E-state index is 0.0720. The predicted molar refractivity (Wildman–Crippen MR) is 83.7 cm³/mol. The second-order valence-corrected chi connectivity index (χ2v) is 6.87. The molecule has 0 spiro atoms. The molecule has 3 unspecified atom stereocenters. The van der Waals surface area contributed by atoms with E-state index in [2.05, 4.69) is 26.1 Å². The van der Waals surface area contributed by atoms with Gasteiger partial charge in [-0.1, -0.05) is 27.2 Å². The van der Waals surface area contributed by atoms with Crippen LogP contribution in [0.15, 0.2) is 18.2 Å². The van der Waals surface area contributed by atoms with Gasteiger partial charge >= 0.3 is 0 Å². The van der Waals surface area contributed by atoms with E-state index in [1.54, 1.807) is 13.0 Å². The van der Waals surface area contributed by atoms with Crippen LogP contribution < -0.4 is 5.32 Å². The summed E-state index contributed by atoms with van der Waals surface area (Å²) in [6, 6.07) is 4.58. The Hall–Kier alpha value is -1.38. The lowest BCUT2D eigenvalue weighted by atomic mass is 9.74. The van der Waals surface area contributed by atoms with E-state index in [0.717, 1.165) is 6.42 Å². The molecular formula is C18H26FNO. The zero-order valence-corrected chi connectivity index (χ0v) is 13.4. The Morgan fingerprint density at radius 3 is 2.67 bits per heavy atom. The average Bonchev–Trinajstić information content (AvgIpc) is 2.37. The van der Waals surface area contributed by atoms with Gasteiger partial charge in [-0.3, -0.25) is 4.79 Å². The fourth-order valence-corrected chi connectivity index (χ4v) is 3.50. The maximum atomic E-state index is 13.2. The third-order valence-corrected chi connectivity index (χ3v) is 4.77. The van der Waals surface area contributed by atoms with Gasteiger partial charge in [-0.25, -0.2) is 4.39 Å². The molecule has 1 aliphatic rings. The lowest BCUT2D eigenvalue weighted by Crippen LogP contribution is -2.45. The molecule has 0 radical (unpaired) electrons. The van der Waals surface area contributed by atoms with E-state index in [9.17, 15) is 9.18 Å². The van der Waals surface area contributed by atoms with Crippen LogP contribution in [0.25, 0.3) is 0 Å². The number of carbonyl (C=O) groups is 1. The molecule has 1 aromatic rings. The minimum atomic E-state index is -0.296. The number of nitrogens with one attached hydrogen (secondary N) is 1. The monoisotopic (exact) mass is 291 g/mol. The van der Waals surface area contributed by atoms with Crippen molar-refractivity contribution in [3.63, 3.8) is 0 Å². The molecule has 1 amide bonds. The van der Waals surface area contributed by atoms with Crippen LogP contribution in [-0.2, 0) is 0 Å². The smallest absolute Gasteiger partial charge is 0.251 e. The third-order valence-electron chi connectivity index (χ3n) is 4.77. The van der Waals surface area contributed by atoms with E-state index >= 15 is 0 Å². The number of rotatable bonds is 3. The molecule has 1 aliphatic carbocycles. The fraction of sp³-hybridized carbons (Fsp3) is 0.611. The number of amides is 1. The molecule has 0 saturated heterocycles. The SMILES string of the molecule is Cc1cc(F)ccc1C(=O)NC1CC(C)CCC1C(C)C. The Balaban J connectivity index is 2.12. The highest BCUT2D eigenvalue weighted by Gasteiger charge is 2.32. The summed E-state index contributed by atoms with van der Waals surface area (Å²) in [6.45, 7) is 8.48. The number of hydrogen-bond donors (Lipinski definition) is 1. The summed E-state index contributed by atoms with van der Waals surface area (Å²) in [5.41, 5.74) is 1.27. The topological polar surface area (TPSA) is 29.1 Å². The van der Waals surface area contributed by atoms with Crippen molar-refractivity contribution in [2.24, 2.45) is 17.8 Å². The van der Waals surface area contributed by atoms with Crippen LogP contribution in [0, 0.1) is 30.5 Å². The first-order valence-electron chi connectivity index (χ1n) is 7.95. The van der Waals surface area contributed by atoms with Gasteiger partial charge in [0, 0.05) is 11.6 Å². The Kier molecular flexibility index (Phi) is 5.02. The number of aryl methyl sites for hydroxylation is 1. The lowest BCUT2D eigenvalue weighted by molar-refractivity contribution is 0.0867. The predicted octanol–water partition coefficient (Wildman–Crippen LogP) is 4.32. The standard InChI is InChI=1S/C18H26FNO/c1-11(2)15-7-5-12(3)9-17(15)20-18(21)16-8-6-14(19)10-13(16)4/h6,8,10-12,15,17H,5,7,9H2,1-4H3,(H,20,21). The van der Waals surface area contributed by atoms with E-state index in [1.807, 2.05) is 0 Å². The molecular weight excluding hydrogens is 265 g/mol. The van der Waals surface area contributed by atoms with Crippen molar-refractivity contribution in [2.45, 2.75) is 53.0 Å². The first kappa shape index (κ1) is 16.0. The Morgan fingerprint density at radius 2 is 2.05 bits per heavy atom. The van der Waals surface area contributed by atoms with Gasteiger partial charge in [-0.05, 0) is 61.3 Å². The van der Waals surface area contributed by atoms with E-state index in [1.165, 1.54) is 25.0 Å². The number of carbonyl (C=O) groups excluding carboxylic acids is 1. The van der Waals surface area contributed by atoms with E-state index in [4.69, 9.17) is 0 Å². The molecule has 0 aliphatic heterocycles. The molecule has 2 rings (SSSR count). The second-order valence-electron chi connectivity index (χ2n) is 6.87. The molecule has 1 saturated carbocycles. The Labute approximate surface area is 127 Å². The van der Waals surface area contributed by atoms with Crippen LogP contribution in [0.3, 0.4) is 0 Å². The molecule has 3 heteroatoms. The summed E-state index contributed by atoms with van der Waals surface area (Å²) >= 11 is 0. The largest absolute Gasteiger partial charge is 0.349 e. The molecule has 0 bridgehead atoms. The molecule has 3 atom stereocenters. The van der Waals surface area contributed by atoms with Crippen molar-refractivity contribution in [3.05, 3.63) is 35.1 Å². The molecule has 21 heavy (non-hydrogen) atoms. The van der Waals surface area contributed by atoms with Gasteiger partial charge in [0.25, 0.3) is 5.91 Å². The van der Waals surface area contributed by atoms with Gasteiger partial charge in [0.2, 0.25) is 0 Å². The summed E-state index contributed by atoms with van der Waals surface area (Å²) < 4.78 is 13.2. The van der Waals surface area contributed by atoms with Crippen molar-refractivity contribution in [2.75, 3.05) is 0 Å². The van der Waals surface area contributed by atoms with Crippen LogP contribution in [0.5, 0.6) is 0 Å². The van der Waals surface area contributed by atoms with Gasteiger partial charge in [-0.2, -0.15) is 0 Å². The maximum Gasteiger partial charge on any atom is 0.251 e. The van der Waals surface area contributed by atoms with Crippen molar-refractivity contribution in [1.82, 2.24) is 5.32 Å². The first-order valence-corrected chi connectivity index (χ1v) is 7.95. The van der Waals surface area contributed by atoms with Gasteiger partial charge in [0.15, 0.2) is 0 Å². The number of hydrogen-bond acceptors (Lipinski definition) is 1. The highest BCUT2D eigenvalue weighted by molar-refractivity contribution is 5.95. The second kappa shape index (κ2) is 6.59. The maximum absolute atomic E-state index is 13.2. The summed E-state index contributed by atoms with van der Waals surface area (Å²) in [5.74, 6) is 1.38. The molecule has 1 N–H and O–H groups in total. The molecule has 116 valence electrons. The Bertz CT molecular complexity index is 512. The van der Waals surface area contributed by atoms with Gasteiger partial charge in [-0.15, -0.1) is 0 Å². The minimum Gasteiger partial charge on any atom is -0.349 e. The highest BCUT2D eigenvalue weighted by Crippen LogP contribution is 2.33. The molecule has 0 aromatic heterocycles. The molecule has 1 fully saturated rings. The van der Waals surface area contributed by atoms with Crippen LogP contribution in [-0.4, -0.2) is 11.9 Å². The van der Waals surface area contributed by atoms with E-state index in [-0.39, 0.29) is 17.8 Å². The Morgan fingerprint density at radius 1 is 1.33 bits per heavy atom. The summed E-state index contributed by atoms with van der Waals surface area (Å²) in [6.07, 6.45) is 3.45. The number of benzene rings is 1. The van der Waals surface area contributed by atoms with E-state index in [0.29, 0.717) is 28.9 Å². The van der Waals surface area contributed by atoms with E-state index < -0.39 is 0 Å². The van der Waals surface area contributed by atoms with Crippen LogP contribution >= 0.6 is 0 Å². The van der Waals surface area contributed by atoms with Crippen molar-refractivity contribution < 1.29 is 9.18 Å². The van der Waals surface area contributed by atoms with Crippen LogP contribution in [0.4, 0.5) is 4.39 Å². The van der Waals surface area contributed by atoms with Gasteiger partial charge < -0.3 is 5.32 Å². The van der Waals surface area contributed by atoms with Crippen molar-refractivity contribution in [1.29, 1.82) is 0 Å². The first-order chi connectivity index (χ1) is 9.88. The fourth-order valence-electron chi connectivity index (χ4n) is 3.50. The zero-order chi connectivity index (χ0) is 15.6. The molecule has 1 aromatic carbocycles. The van der Waals surface area contributed by atoms with Crippen molar-refractivity contribution in [3.8, 4) is 0 Å². The zero-order valence-electron chi connectivity index (χ0n) is 13.4. The quantitative estimate of drug-likeness (QED) is 0.882.